The van der Waals surface area contributed by atoms with Crippen LogP contribution in [0.2, 0.25) is 0 Å². The molecule has 3 rings (SSSR count). The Hall–Kier alpha value is -4.94. The van der Waals surface area contributed by atoms with Crippen LogP contribution in [0, 0.1) is 22.7 Å². The van der Waals surface area contributed by atoms with E-state index in [4.69, 9.17) is 0 Å². The van der Waals surface area contributed by atoms with Gasteiger partial charge in [0.15, 0.2) is 0 Å². The molecule has 0 atom stereocenters. The Morgan fingerprint density at radius 3 is 1.44 bits per heavy atom. The highest BCUT2D eigenvalue weighted by molar-refractivity contribution is 6.02. The van der Waals surface area contributed by atoms with Gasteiger partial charge in [-0.25, -0.2) is 0 Å². The SMILES string of the molecule is N#C/C(=C\c1cccc(/C=C(\C#N)C(=O)NCc2ccccc2)c1)C(=O)NCc1ccccc1. The summed E-state index contributed by atoms with van der Waals surface area (Å²) in [6.07, 6.45) is 2.94. The summed E-state index contributed by atoms with van der Waals surface area (Å²) in [4.78, 5) is 24.9. The van der Waals surface area contributed by atoms with E-state index in [1.807, 2.05) is 72.8 Å². The molecule has 166 valence electrons. The molecule has 0 radical (unpaired) electrons. The predicted molar refractivity (Wildman–Crippen MR) is 130 cm³/mol. The number of nitrogens with zero attached hydrogens (tertiary/aromatic N) is 2. The third kappa shape index (κ3) is 7.05. The topological polar surface area (TPSA) is 106 Å². The normalized spacial score (nSPS) is 11.1. The fourth-order valence-electron chi connectivity index (χ4n) is 3.12. The van der Waals surface area contributed by atoms with Crippen molar-refractivity contribution < 1.29 is 9.59 Å². The van der Waals surface area contributed by atoms with Crippen molar-refractivity contribution >= 4 is 24.0 Å². The molecule has 2 amide bonds. The van der Waals surface area contributed by atoms with Crippen LogP contribution in [0.3, 0.4) is 0 Å². The Labute approximate surface area is 198 Å². The van der Waals surface area contributed by atoms with Gasteiger partial charge in [0.05, 0.1) is 0 Å². The van der Waals surface area contributed by atoms with Crippen LogP contribution in [0.15, 0.2) is 96.1 Å². The summed E-state index contributed by atoms with van der Waals surface area (Å²) < 4.78 is 0. The van der Waals surface area contributed by atoms with Crippen LogP contribution in [-0.4, -0.2) is 11.8 Å². The van der Waals surface area contributed by atoms with E-state index in [0.29, 0.717) is 24.2 Å². The zero-order valence-electron chi connectivity index (χ0n) is 18.4. The maximum atomic E-state index is 12.4. The molecule has 0 bridgehead atoms. The van der Waals surface area contributed by atoms with Gasteiger partial charge in [0, 0.05) is 13.1 Å². The monoisotopic (exact) mass is 446 g/mol. The number of hydrogen-bond donors (Lipinski definition) is 2. The van der Waals surface area contributed by atoms with Crippen molar-refractivity contribution in [3.63, 3.8) is 0 Å². The van der Waals surface area contributed by atoms with Crippen molar-refractivity contribution in [3.8, 4) is 12.1 Å². The lowest BCUT2D eigenvalue weighted by Gasteiger charge is -2.05. The molecular weight excluding hydrogens is 424 g/mol. The molecule has 0 saturated carbocycles. The summed E-state index contributed by atoms with van der Waals surface area (Å²) in [6.45, 7) is 0.621. The highest BCUT2D eigenvalue weighted by atomic mass is 16.2. The zero-order valence-corrected chi connectivity index (χ0v) is 18.4. The maximum Gasteiger partial charge on any atom is 0.262 e. The first-order valence-corrected chi connectivity index (χ1v) is 10.6. The van der Waals surface area contributed by atoms with Crippen molar-refractivity contribution in [3.05, 3.63) is 118 Å². The first kappa shape index (κ1) is 23.7. The van der Waals surface area contributed by atoms with E-state index < -0.39 is 11.8 Å². The molecule has 2 N–H and O–H groups in total. The number of benzene rings is 3. The van der Waals surface area contributed by atoms with Crippen LogP contribution in [0.25, 0.3) is 12.2 Å². The largest absolute Gasteiger partial charge is 0.347 e. The van der Waals surface area contributed by atoms with Gasteiger partial charge in [-0.3, -0.25) is 9.59 Å². The van der Waals surface area contributed by atoms with Gasteiger partial charge >= 0.3 is 0 Å². The van der Waals surface area contributed by atoms with Crippen LogP contribution in [0.4, 0.5) is 0 Å². The van der Waals surface area contributed by atoms with Gasteiger partial charge < -0.3 is 10.6 Å². The van der Waals surface area contributed by atoms with Gasteiger partial charge in [0.25, 0.3) is 11.8 Å². The Bertz CT molecular complexity index is 1200. The lowest BCUT2D eigenvalue weighted by atomic mass is 10.1. The first-order valence-electron chi connectivity index (χ1n) is 10.6. The summed E-state index contributed by atoms with van der Waals surface area (Å²) >= 11 is 0. The van der Waals surface area contributed by atoms with Crippen molar-refractivity contribution in [2.45, 2.75) is 13.1 Å². The van der Waals surface area contributed by atoms with Crippen molar-refractivity contribution in [1.29, 1.82) is 10.5 Å². The second-order valence-corrected chi connectivity index (χ2v) is 7.35. The van der Waals surface area contributed by atoms with E-state index in [1.165, 1.54) is 12.2 Å². The quantitative estimate of drug-likeness (QED) is 0.401. The molecule has 34 heavy (non-hydrogen) atoms. The Morgan fingerprint density at radius 1 is 0.647 bits per heavy atom. The molecule has 0 aromatic heterocycles. The minimum absolute atomic E-state index is 0.0434. The van der Waals surface area contributed by atoms with Crippen molar-refractivity contribution in [1.82, 2.24) is 10.6 Å². The molecule has 0 aliphatic rings. The molecule has 0 aliphatic heterocycles. The summed E-state index contributed by atoms with van der Waals surface area (Å²) in [5.74, 6) is -0.962. The second-order valence-electron chi connectivity index (χ2n) is 7.35. The minimum atomic E-state index is -0.481. The van der Waals surface area contributed by atoms with Crippen LogP contribution in [0.1, 0.15) is 22.3 Å². The second kappa shape index (κ2) is 12.2. The molecule has 0 spiro atoms. The molecule has 3 aromatic rings. The third-order valence-corrected chi connectivity index (χ3v) is 4.85. The van der Waals surface area contributed by atoms with Crippen LogP contribution in [0.5, 0.6) is 0 Å². The number of carbonyl (C=O) groups is 2. The Kier molecular flexibility index (Phi) is 8.50. The zero-order chi connectivity index (χ0) is 24.2. The van der Waals surface area contributed by atoms with Gasteiger partial charge in [-0.05, 0) is 40.5 Å². The predicted octanol–water partition coefficient (Wildman–Crippen LogP) is 4.13. The van der Waals surface area contributed by atoms with Gasteiger partial charge in [-0.2, -0.15) is 10.5 Å². The molecule has 0 saturated heterocycles. The van der Waals surface area contributed by atoms with E-state index >= 15 is 0 Å². The molecular formula is C28H22N4O2. The Morgan fingerprint density at radius 2 is 1.06 bits per heavy atom. The summed E-state index contributed by atoms with van der Waals surface area (Å²) in [6, 6.07) is 29.6. The molecule has 6 heteroatoms. The molecule has 3 aromatic carbocycles. The fraction of sp³-hybridized carbons (Fsp3) is 0.0714. The molecule has 0 unspecified atom stereocenters. The smallest absolute Gasteiger partial charge is 0.262 e. The van der Waals surface area contributed by atoms with Gasteiger partial charge in [0.2, 0.25) is 0 Å². The van der Waals surface area contributed by atoms with Crippen LogP contribution < -0.4 is 10.6 Å². The molecule has 0 fully saturated rings. The first-order chi connectivity index (χ1) is 16.6. The number of hydrogen-bond acceptors (Lipinski definition) is 4. The van der Waals surface area contributed by atoms with Crippen LogP contribution >= 0.6 is 0 Å². The fourth-order valence-corrected chi connectivity index (χ4v) is 3.12. The van der Waals surface area contributed by atoms with Crippen molar-refractivity contribution in [2.24, 2.45) is 0 Å². The van der Waals surface area contributed by atoms with Gasteiger partial charge in [-0.1, -0.05) is 78.9 Å². The van der Waals surface area contributed by atoms with E-state index in [2.05, 4.69) is 10.6 Å². The molecule has 0 aliphatic carbocycles. The highest BCUT2D eigenvalue weighted by Gasteiger charge is 2.11. The maximum absolute atomic E-state index is 12.4. The lowest BCUT2D eigenvalue weighted by molar-refractivity contribution is -0.118. The molecule has 6 nitrogen and oxygen atoms in total. The van der Waals surface area contributed by atoms with Gasteiger partial charge in [0.1, 0.15) is 23.3 Å². The summed E-state index contributed by atoms with van der Waals surface area (Å²) in [5.41, 5.74) is 2.96. The van der Waals surface area contributed by atoms with Gasteiger partial charge in [-0.15, -0.1) is 0 Å². The van der Waals surface area contributed by atoms with Crippen LogP contribution in [-0.2, 0) is 22.7 Å². The van der Waals surface area contributed by atoms with E-state index in [0.717, 1.165) is 11.1 Å². The standard InChI is InChI=1S/C28H22N4O2/c29-17-25(27(33)31-19-21-8-3-1-4-9-21)15-23-12-7-13-24(14-23)16-26(18-30)28(34)32-20-22-10-5-2-6-11-22/h1-16H,19-20H2,(H,31,33)(H,32,34)/b25-15+,26-16+. The third-order valence-electron chi connectivity index (χ3n) is 4.85. The highest BCUT2D eigenvalue weighted by Crippen LogP contribution is 2.14. The Balaban J connectivity index is 1.70. The number of amides is 2. The van der Waals surface area contributed by atoms with E-state index in [9.17, 15) is 20.1 Å². The molecule has 0 heterocycles. The van der Waals surface area contributed by atoms with E-state index in [1.54, 1.807) is 24.3 Å². The van der Waals surface area contributed by atoms with Crippen molar-refractivity contribution in [2.75, 3.05) is 0 Å². The van der Waals surface area contributed by atoms with E-state index in [-0.39, 0.29) is 11.1 Å². The number of carbonyl (C=O) groups excluding carboxylic acids is 2. The number of nitriles is 2. The summed E-state index contributed by atoms with van der Waals surface area (Å²) in [7, 11) is 0. The summed E-state index contributed by atoms with van der Waals surface area (Å²) in [5, 5.41) is 24.4. The number of nitrogens with one attached hydrogen (secondary N) is 2. The lowest BCUT2D eigenvalue weighted by Crippen LogP contribution is -2.24. The average Bonchev–Trinajstić information content (AvgIpc) is 2.89. The average molecular weight is 447 g/mol. The minimum Gasteiger partial charge on any atom is -0.347 e. The number of rotatable bonds is 8.